The minimum absolute atomic E-state index is 0.00690. The average molecular weight is 443 g/mol. The van der Waals surface area contributed by atoms with Gasteiger partial charge >= 0.3 is 0 Å². The lowest BCUT2D eigenvalue weighted by molar-refractivity contribution is -0.384. The topological polar surface area (TPSA) is 81.5 Å². The molecule has 1 aliphatic rings. The number of likely N-dealkylation sites (N-methyl/N-ethyl adjacent to an activating group) is 1. The van der Waals surface area contributed by atoms with Gasteiger partial charge in [0, 0.05) is 28.3 Å². The van der Waals surface area contributed by atoms with Crippen molar-refractivity contribution in [1.82, 2.24) is 5.32 Å². The molecule has 0 bridgehead atoms. The number of halogens is 2. The van der Waals surface area contributed by atoms with E-state index in [4.69, 9.17) is 27.9 Å². The highest BCUT2D eigenvalue weighted by molar-refractivity contribution is 6.37. The second kappa shape index (κ2) is 8.07. The Labute approximate surface area is 182 Å². The molecule has 3 aromatic rings. The third-order valence-corrected chi connectivity index (χ3v) is 5.61. The van der Waals surface area contributed by atoms with Gasteiger partial charge in [-0.05, 0) is 42.4 Å². The molecule has 2 unspecified atom stereocenters. The number of benzene rings is 3. The number of hydrogen-bond donors (Lipinski definition) is 1. The second-order valence-electron chi connectivity index (χ2n) is 6.85. The van der Waals surface area contributed by atoms with Crippen molar-refractivity contribution < 1.29 is 14.5 Å². The van der Waals surface area contributed by atoms with E-state index in [1.807, 2.05) is 12.1 Å². The quantitative estimate of drug-likeness (QED) is 0.321. The first kappa shape index (κ1) is 20.3. The summed E-state index contributed by atoms with van der Waals surface area (Å²) in [6.07, 6.45) is -0.802. The molecule has 1 aliphatic heterocycles. The highest BCUT2D eigenvalue weighted by atomic mass is 35.5. The summed E-state index contributed by atoms with van der Waals surface area (Å²) in [6.45, 7) is 0. The van der Waals surface area contributed by atoms with Gasteiger partial charge in [0.2, 0.25) is 5.78 Å². The van der Waals surface area contributed by atoms with E-state index in [-0.39, 0.29) is 22.5 Å². The summed E-state index contributed by atoms with van der Waals surface area (Å²) in [4.78, 5) is 23.8. The van der Waals surface area contributed by atoms with Gasteiger partial charge in [-0.1, -0.05) is 47.5 Å². The lowest BCUT2D eigenvalue weighted by atomic mass is 9.95. The monoisotopic (exact) mass is 442 g/mol. The molecule has 0 aromatic heterocycles. The molecule has 1 heterocycles. The molecule has 0 radical (unpaired) electrons. The lowest BCUT2D eigenvalue weighted by Gasteiger charge is -2.18. The summed E-state index contributed by atoms with van der Waals surface area (Å²) in [5, 5.41) is 14.9. The number of nitro benzene ring substituents is 1. The van der Waals surface area contributed by atoms with E-state index >= 15 is 0 Å². The van der Waals surface area contributed by atoms with Gasteiger partial charge in [0.15, 0.2) is 6.10 Å². The van der Waals surface area contributed by atoms with Crippen LogP contribution in [-0.4, -0.2) is 23.9 Å². The van der Waals surface area contributed by atoms with Gasteiger partial charge in [0.1, 0.15) is 5.75 Å². The summed E-state index contributed by atoms with van der Waals surface area (Å²) >= 11 is 12.1. The van der Waals surface area contributed by atoms with Gasteiger partial charge in [-0.2, -0.15) is 0 Å². The average Bonchev–Trinajstić information content (AvgIpc) is 3.11. The summed E-state index contributed by atoms with van der Waals surface area (Å²) in [6, 6.07) is 16.2. The fraction of sp³-hybridized carbons (Fsp3) is 0.136. The van der Waals surface area contributed by atoms with Crippen LogP contribution in [-0.2, 0) is 0 Å². The minimum atomic E-state index is -0.802. The molecule has 0 aliphatic carbocycles. The zero-order valence-corrected chi connectivity index (χ0v) is 17.3. The molecule has 0 amide bonds. The number of nitrogens with zero attached hydrogens (tertiary/aromatic N) is 1. The molecule has 2 atom stereocenters. The number of nitro groups is 1. The van der Waals surface area contributed by atoms with Gasteiger partial charge in [0.25, 0.3) is 5.69 Å². The molecular formula is C22H16Cl2N2O4. The van der Waals surface area contributed by atoms with Crippen LogP contribution in [0.2, 0.25) is 10.0 Å². The van der Waals surface area contributed by atoms with Crippen LogP contribution in [0.25, 0.3) is 11.1 Å². The van der Waals surface area contributed by atoms with Gasteiger partial charge < -0.3 is 10.1 Å². The number of Topliss-reactive ketones (excluding diaryl/α,β-unsaturated/α-hetero) is 1. The zero-order chi connectivity index (χ0) is 21.4. The zero-order valence-electron chi connectivity index (χ0n) is 15.8. The molecule has 0 saturated heterocycles. The highest BCUT2D eigenvalue weighted by Crippen LogP contribution is 2.41. The molecule has 152 valence electrons. The van der Waals surface area contributed by atoms with Gasteiger partial charge in [-0.3, -0.25) is 14.9 Å². The third kappa shape index (κ3) is 3.65. The molecule has 0 fully saturated rings. The van der Waals surface area contributed by atoms with Crippen molar-refractivity contribution >= 4 is 34.7 Å². The first-order chi connectivity index (χ1) is 14.4. The Hall–Kier alpha value is -2.93. The Morgan fingerprint density at radius 3 is 2.53 bits per heavy atom. The largest absolute Gasteiger partial charge is 0.480 e. The maximum Gasteiger partial charge on any atom is 0.270 e. The van der Waals surface area contributed by atoms with Crippen molar-refractivity contribution in [2.75, 3.05) is 7.05 Å². The fourth-order valence-electron chi connectivity index (χ4n) is 3.59. The van der Waals surface area contributed by atoms with Crippen LogP contribution in [0.3, 0.4) is 0 Å². The number of nitrogens with one attached hydrogen (secondary N) is 1. The summed E-state index contributed by atoms with van der Waals surface area (Å²) < 4.78 is 6.01. The summed E-state index contributed by atoms with van der Waals surface area (Å²) in [5.41, 5.74) is 2.61. The predicted molar refractivity (Wildman–Crippen MR) is 116 cm³/mol. The molecule has 6 nitrogen and oxygen atoms in total. The second-order valence-corrected chi connectivity index (χ2v) is 7.70. The van der Waals surface area contributed by atoms with Crippen molar-refractivity contribution in [2.24, 2.45) is 0 Å². The van der Waals surface area contributed by atoms with Crippen LogP contribution in [0.4, 0.5) is 5.69 Å². The first-order valence-corrected chi connectivity index (χ1v) is 9.86. The number of non-ortho nitro benzene ring substituents is 1. The Morgan fingerprint density at radius 1 is 1.07 bits per heavy atom. The smallest absolute Gasteiger partial charge is 0.270 e. The van der Waals surface area contributed by atoms with Crippen molar-refractivity contribution in [3.63, 3.8) is 0 Å². The normalized spacial score (nSPS) is 17.3. The Morgan fingerprint density at radius 2 is 1.83 bits per heavy atom. The van der Waals surface area contributed by atoms with E-state index in [1.54, 1.807) is 37.4 Å². The summed E-state index contributed by atoms with van der Waals surface area (Å²) in [7, 11) is 1.75. The van der Waals surface area contributed by atoms with Crippen LogP contribution < -0.4 is 10.1 Å². The number of rotatable bonds is 5. The standard InChI is InChI=1S/C22H16Cl2N2O4/c1-25-20-17-7-5-13(12-3-2-4-15(9-12)26(28)29)10-19(17)30-22(20)21(27)16-8-6-14(23)11-18(16)24/h2-11,20,22,25H,1H3. The molecule has 3 aromatic carbocycles. The van der Waals surface area contributed by atoms with Crippen molar-refractivity contribution in [1.29, 1.82) is 0 Å². The van der Waals surface area contributed by atoms with E-state index in [1.165, 1.54) is 18.2 Å². The Balaban J connectivity index is 1.68. The van der Waals surface area contributed by atoms with Crippen molar-refractivity contribution in [3.8, 4) is 16.9 Å². The predicted octanol–water partition coefficient (Wildman–Crippen LogP) is 5.47. The molecule has 4 rings (SSSR count). The highest BCUT2D eigenvalue weighted by Gasteiger charge is 2.39. The number of ether oxygens (including phenoxy) is 1. The number of ketones is 1. The van der Waals surface area contributed by atoms with Gasteiger partial charge in [0.05, 0.1) is 16.0 Å². The molecule has 1 N–H and O–H groups in total. The molecular weight excluding hydrogens is 427 g/mol. The number of carbonyl (C=O) groups is 1. The molecule has 30 heavy (non-hydrogen) atoms. The van der Waals surface area contributed by atoms with Crippen LogP contribution in [0, 0.1) is 10.1 Å². The Kier molecular flexibility index (Phi) is 5.47. The van der Waals surface area contributed by atoms with E-state index in [9.17, 15) is 14.9 Å². The van der Waals surface area contributed by atoms with Crippen molar-refractivity contribution in [2.45, 2.75) is 12.1 Å². The van der Waals surface area contributed by atoms with Crippen LogP contribution in [0.15, 0.2) is 60.7 Å². The van der Waals surface area contributed by atoms with E-state index in [0.717, 1.165) is 11.1 Å². The maximum atomic E-state index is 13.1. The number of carbonyl (C=O) groups excluding carboxylic acids is 1. The van der Waals surface area contributed by atoms with E-state index in [0.29, 0.717) is 21.9 Å². The fourth-order valence-corrected chi connectivity index (χ4v) is 4.10. The number of hydrogen-bond acceptors (Lipinski definition) is 5. The Bertz CT molecular complexity index is 1170. The molecule has 0 saturated carbocycles. The van der Waals surface area contributed by atoms with Crippen LogP contribution in [0.1, 0.15) is 22.0 Å². The minimum Gasteiger partial charge on any atom is -0.480 e. The van der Waals surface area contributed by atoms with Crippen molar-refractivity contribution in [3.05, 3.63) is 92.0 Å². The molecule has 8 heteroatoms. The SMILES string of the molecule is CNC1c2ccc(-c3cccc([N+](=O)[O-])c3)cc2OC1C(=O)c1ccc(Cl)cc1Cl. The van der Waals surface area contributed by atoms with Crippen LogP contribution >= 0.6 is 23.2 Å². The molecule has 0 spiro atoms. The van der Waals surface area contributed by atoms with Gasteiger partial charge in [-0.15, -0.1) is 0 Å². The van der Waals surface area contributed by atoms with Gasteiger partial charge in [-0.25, -0.2) is 0 Å². The summed E-state index contributed by atoms with van der Waals surface area (Å²) in [5.74, 6) is 0.283. The lowest BCUT2D eigenvalue weighted by Crippen LogP contribution is -2.35. The third-order valence-electron chi connectivity index (χ3n) is 5.06. The number of fused-ring (bicyclic) bond motifs is 1. The van der Waals surface area contributed by atoms with E-state index < -0.39 is 11.0 Å². The van der Waals surface area contributed by atoms with Crippen LogP contribution in [0.5, 0.6) is 5.75 Å². The first-order valence-electron chi connectivity index (χ1n) is 9.11. The maximum absolute atomic E-state index is 13.1. The van der Waals surface area contributed by atoms with E-state index in [2.05, 4.69) is 5.32 Å².